The lowest BCUT2D eigenvalue weighted by Gasteiger charge is -2.21. The second kappa shape index (κ2) is 8.87. The van der Waals surface area contributed by atoms with Gasteiger partial charge in [-0.1, -0.05) is 35.9 Å². The van der Waals surface area contributed by atoms with Crippen molar-refractivity contribution in [3.8, 4) is 0 Å². The number of thiophene rings is 1. The number of carbonyl (C=O) groups is 1. The van der Waals surface area contributed by atoms with Gasteiger partial charge in [0.15, 0.2) is 0 Å². The molecule has 5 heteroatoms. The molecule has 1 aromatic carbocycles. The van der Waals surface area contributed by atoms with E-state index in [1.807, 2.05) is 48.7 Å². The average molecular weight is 349 g/mol. The highest BCUT2D eigenvalue weighted by Crippen LogP contribution is 2.17. The Kier molecular flexibility index (Phi) is 6.84. The molecule has 0 aliphatic carbocycles. The van der Waals surface area contributed by atoms with Crippen LogP contribution in [0.2, 0.25) is 5.02 Å². The van der Waals surface area contributed by atoms with Gasteiger partial charge in [-0.2, -0.15) is 0 Å². The van der Waals surface area contributed by atoms with E-state index in [0.29, 0.717) is 18.1 Å². The number of amides is 1. The van der Waals surface area contributed by atoms with Crippen LogP contribution < -0.4 is 5.32 Å². The molecule has 23 heavy (non-hydrogen) atoms. The van der Waals surface area contributed by atoms with Crippen molar-refractivity contribution in [1.82, 2.24) is 10.2 Å². The molecule has 1 N–H and O–H groups in total. The fourth-order valence-corrected chi connectivity index (χ4v) is 3.28. The smallest absolute Gasteiger partial charge is 0.234 e. The molecule has 0 saturated carbocycles. The van der Waals surface area contributed by atoms with E-state index in [0.717, 1.165) is 12.1 Å². The number of benzene rings is 1. The Bertz CT molecular complexity index is 642. The van der Waals surface area contributed by atoms with Gasteiger partial charge in [0.2, 0.25) is 5.91 Å². The predicted molar refractivity (Wildman–Crippen MR) is 97.8 cm³/mol. The summed E-state index contributed by atoms with van der Waals surface area (Å²) in [6.07, 6.45) is 1.82. The van der Waals surface area contributed by atoms with Crippen LogP contribution in [0.4, 0.5) is 0 Å². The molecule has 0 aliphatic heterocycles. The summed E-state index contributed by atoms with van der Waals surface area (Å²) in [6.45, 7) is 7.50. The fraction of sp³-hybridized carbons (Fsp3) is 0.278. The molecular formula is C18H21ClN2OS. The van der Waals surface area contributed by atoms with Crippen molar-refractivity contribution in [2.45, 2.75) is 19.5 Å². The highest BCUT2D eigenvalue weighted by atomic mass is 35.5. The fourth-order valence-electron chi connectivity index (χ4n) is 2.34. The van der Waals surface area contributed by atoms with Gasteiger partial charge in [-0.15, -0.1) is 17.9 Å². The normalized spacial score (nSPS) is 12.1. The number of hydrogen-bond donors (Lipinski definition) is 1. The van der Waals surface area contributed by atoms with Crippen LogP contribution in [0.15, 0.2) is 54.4 Å². The van der Waals surface area contributed by atoms with Crippen LogP contribution in [-0.4, -0.2) is 23.9 Å². The number of nitrogens with one attached hydrogen (secondary N) is 1. The predicted octanol–water partition coefficient (Wildman–Crippen LogP) is 4.27. The molecule has 1 atom stereocenters. The average Bonchev–Trinajstić information content (AvgIpc) is 3.00. The van der Waals surface area contributed by atoms with Crippen molar-refractivity contribution in [3.05, 3.63) is 69.9 Å². The standard InChI is InChI=1S/C18H21ClN2OS/c1-3-9-21(12-17-8-5-10-23-17)13-18(22)20-14(2)15-6-4-7-16(19)11-15/h3-8,10-11,14H,1,9,12-13H2,2H3,(H,20,22). The van der Waals surface area contributed by atoms with Gasteiger partial charge in [-0.05, 0) is 36.1 Å². The van der Waals surface area contributed by atoms with Crippen molar-refractivity contribution < 1.29 is 4.79 Å². The quantitative estimate of drug-likeness (QED) is 0.723. The molecule has 0 saturated heterocycles. The van der Waals surface area contributed by atoms with Crippen LogP contribution in [0.5, 0.6) is 0 Å². The summed E-state index contributed by atoms with van der Waals surface area (Å²) in [4.78, 5) is 15.6. The minimum absolute atomic E-state index is 0.00381. The summed E-state index contributed by atoms with van der Waals surface area (Å²) in [7, 11) is 0. The van der Waals surface area contributed by atoms with E-state index < -0.39 is 0 Å². The van der Waals surface area contributed by atoms with Crippen molar-refractivity contribution in [3.63, 3.8) is 0 Å². The summed E-state index contributed by atoms with van der Waals surface area (Å²) < 4.78 is 0. The largest absolute Gasteiger partial charge is 0.348 e. The Morgan fingerprint density at radius 1 is 1.43 bits per heavy atom. The van der Waals surface area contributed by atoms with Crippen LogP contribution in [0.3, 0.4) is 0 Å². The van der Waals surface area contributed by atoms with Gasteiger partial charge in [0.1, 0.15) is 0 Å². The topological polar surface area (TPSA) is 32.3 Å². The number of rotatable bonds is 8. The molecule has 0 spiro atoms. The Labute approximate surface area is 146 Å². The van der Waals surface area contributed by atoms with E-state index in [1.54, 1.807) is 11.3 Å². The zero-order valence-electron chi connectivity index (χ0n) is 13.2. The molecule has 1 unspecified atom stereocenters. The number of carbonyl (C=O) groups excluding carboxylic acids is 1. The summed E-state index contributed by atoms with van der Waals surface area (Å²) >= 11 is 7.69. The van der Waals surface area contributed by atoms with Crippen LogP contribution in [0, 0.1) is 0 Å². The Morgan fingerprint density at radius 3 is 2.91 bits per heavy atom. The Hall–Kier alpha value is -1.62. The van der Waals surface area contributed by atoms with E-state index in [9.17, 15) is 4.79 Å². The van der Waals surface area contributed by atoms with Crippen molar-refractivity contribution >= 4 is 28.8 Å². The minimum atomic E-state index is -0.0754. The van der Waals surface area contributed by atoms with Gasteiger partial charge in [0, 0.05) is 23.0 Å². The van der Waals surface area contributed by atoms with Crippen LogP contribution in [-0.2, 0) is 11.3 Å². The van der Waals surface area contributed by atoms with Gasteiger partial charge < -0.3 is 5.32 Å². The number of hydrogen-bond acceptors (Lipinski definition) is 3. The third kappa shape index (κ3) is 5.82. The number of nitrogens with zero attached hydrogens (tertiary/aromatic N) is 1. The third-order valence-electron chi connectivity index (χ3n) is 3.44. The molecule has 122 valence electrons. The molecule has 1 aromatic heterocycles. The Balaban J connectivity index is 1.91. The second-order valence-electron chi connectivity index (χ2n) is 5.38. The maximum Gasteiger partial charge on any atom is 0.234 e. The van der Waals surface area contributed by atoms with Gasteiger partial charge in [0.05, 0.1) is 12.6 Å². The summed E-state index contributed by atoms with van der Waals surface area (Å²) in [5.74, 6) is -0.00381. The lowest BCUT2D eigenvalue weighted by atomic mass is 10.1. The monoisotopic (exact) mass is 348 g/mol. The summed E-state index contributed by atoms with van der Waals surface area (Å²) in [5.41, 5.74) is 0.999. The molecule has 0 fully saturated rings. The minimum Gasteiger partial charge on any atom is -0.348 e. The zero-order valence-corrected chi connectivity index (χ0v) is 14.7. The van der Waals surface area contributed by atoms with Crippen molar-refractivity contribution in [1.29, 1.82) is 0 Å². The van der Waals surface area contributed by atoms with Crippen LogP contribution >= 0.6 is 22.9 Å². The van der Waals surface area contributed by atoms with E-state index >= 15 is 0 Å². The van der Waals surface area contributed by atoms with Gasteiger partial charge in [0.25, 0.3) is 0 Å². The number of halogens is 1. The first-order valence-electron chi connectivity index (χ1n) is 7.49. The molecule has 0 aliphatic rings. The summed E-state index contributed by atoms with van der Waals surface area (Å²) in [6, 6.07) is 11.6. The second-order valence-corrected chi connectivity index (χ2v) is 6.85. The van der Waals surface area contributed by atoms with E-state index in [4.69, 9.17) is 11.6 Å². The van der Waals surface area contributed by atoms with Gasteiger partial charge in [-0.3, -0.25) is 9.69 Å². The first kappa shape index (κ1) is 17.7. The van der Waals surface area contributed by atoms with Crippen molar-refractivity contribution in [2.24, 2.45) is 0 Å². The van der Waals surface area contributed by atoms with E-state index in [1.165, 1.54) is 4.88 Å². The maximum atomic E-state index is 12.3. The van der Waals surface area contributed by atoms with Gasteiger partial charge >= 0.3 is 0 Å². The molecular weight excluding hydrogens is 328 g/mol. The maximum absolute atomic E-state index is 12.3. The molecule has 2 aromatic rings. The van der Waals surface area contributed by atoms with E-state index in [2.05, 4.69) is 22.9 Å². The third-order valence-corrected chi connectivity index (χ3v) is 4.54. The first-order chi connectivity index (χ1) is 11.1. The van der Waals surface area contributed by atoms with Gasteiger partial charge in [-0.25, -0.2) is 0 Å². The highest BCUT2D eigenvalue weighted by molar-refractivity contribution is 7.09. The van der Waals surface area contributed by atoms with Crippen LogP contribution in [0.1, 0.15) is 23.4 Å². The molecule has 1 amide bonds. The highest BCUT2D eigenvalue weighted by Gasteiger charge is 2.14. The molecule has 0 radical (unpaired) electrons. The summed E-state index contributed by atoms with van der Waals surface area (Å²) in [5, 5.41) is 5.74. The first-order valence-corrected chi connectivity index (χ1v) is 8.74. The Morgan fingerprint density at radius 2 is 2.26 bits per heavy atom. The molecule has 2 rings (SSSR count). The van der Waals surface area contributed by atoms with E-state index in [-0.39, 0.29) is 11.9 Å². The molecule has 1 heterocycles. The lowest BCUT2D eigenvalue weighted by molar-refractivity contribution is -0.122. The molecule has 3 nitrogen and oxygen atoms in total. The van der Waals surface area contributed by atoms with Crippen LogP contribution in [0.25, 0.3) is 0 Å². The van der Waals surface area contributed by atoms with Crippen molar-refractivity contribution in [2.75, 3.05) is 13.1 Å². The molecule has 0 bridgehead atoms. The SMILES string of the molecule is C=CCN(CC(=O)NC(C)c1cccc(Cl)c1)Cc1cccs1. The zero-order chi connectivity index (χ0) is 16.7. The lowest BCUT2D eigenvalue weighted by Crippen LogP contribution is -2.38.